The Hall–Kier alpha value is -0.630. The van der Waals surface area contributed by atoms with E-state index in [2.05, 4.69) is 4.72 Å². The highest BCUT2D eigenvalue weighted by Gasteiger charge is 2.29. The second-order valence-electron chi connectivity index (χ2n) is 4.41. The summed E-state index contributed by atoms with van der Waals surface area (Å²) in [5.41, 5.74) is -0.998. The lowest BCUT2D eigenvalue weighted by Crippen LogP contribution is -2.40. The molecule has 0 spiro atoms. The van der Waals surface area contributed by atoms with Gasteiger partial charge in [0.1, 0.15) is 0 Å². The average Bonchev–Trinajstić information content (AvgIpc) is 2.43. The summed E-state index contributed by atoms with van der Waals surface area (Å²) in [6.45, 7) is 5.00. The Morgan fingerprint density at radius 3 is 2.41 bits per heavy atom. The standard InChI is InChI=1S/C9H12ClNO4S2/c1-9(2,3)11-17(14,15)8-5(7(12)13)4-6(10)16-8/h4,11H,1-3H3,(H,12,13). The lowest BCUT2D eigenvalue weighted by Gasteiger charge is -2.19. The Kier molecular flexibility index (Phi) is 3.87. The third-order valence-electron chi connectivity index (χ3n) is 1.58. The summed E-state index contributed by atoms with van der Waals surface area (Å²) in [5.74, 6) is -1.32. The van der Waals surface area contributed by atoms with E-state index < -0.39 is 21.5 Å². The molecule has 1 aromatic rings. The molecule has 0 saturated carbocycles. The minimum absolute atomic E-state index is 0.122. The van der Waals surface area contributed by atoms with Crippen LogP contribution in [0.25, 0.3) is 0 Å². The highest BCUT2D eigenvalue weighted by Crippen LogP contribution is 2.31. The van der Waals surface area contributed by atoms with Gasteiger partial charge in [-0.3, -0.25) is 0 Å². The van der Waals surface area contributed by atoms with Crippen LogP contribution in [0.15, 0.2) is 10.3 Å². The van der Waals surface area contributed by atoms with Crippen molar-refractivity contribution >= 4 is 38.9 Å². The molecule has 0 atom stereocenters. The van der Waals surface area contributed by atoms with Crippen LogP contribution < -0.4 is 4.72 Å². The maximum absolute atomic E-state index is 12.0. The van der Waals surface area contributed by atoms with Crippen LogP contribution in [-0.4, -0.2) is 25.0 Å². The first-order chi connectivity index (χ1) is 7.53. The molecular formula is C9H12ClNO4S2. The minimum Gasteiger partial charge on any atom is -0.478 e. The Balaban J connectivity index is 3.29. The quantitative estimate of drug-likeness (QED) is 0.895. The van der Waals surface area contributed by atoms with Crippen LogP contribution in [0, 0.1) is 0 Å². The van der Waals surface area contributed by atoms with Crippen molar-refractivity contribution < 1.29 is 18.3 Å². The summed E-state index contributed by atoms with van der Waals surface area (Å²) in [6, 6.07) is 1.13. The predicted molar refractivity (Wildman–Crippen MR) is 66.4 cm³/mol. The van der Waals surface area contributed by atoms with Crippen molar-refractivity contribution in [2.45, 2.75) is 30.5 Å². The molecule has 1 heterocycles. The minimum atomic E-state index is -3.87. The molecule has 1 rings (SSSR count). The zero-order chi connectivity index (χ0) is 13.4. The topological polar surface area (TPSA) is 83.5 Å². The average molecular weight is 298 g/mol. The van der Waals surface area contributed by atoms with Gasteiger partial charge in [0.05, 0.1) is 9.90 Å². The summed E-state index contributed by atoms with van der Waals surface area (Å²) in [4.78, 5) is 10.9. The van der Waals surface area contributed by atoms with Gasteiger partial charge in [-0.15, -0.1) is 11.3 Å². The smallest absolute Gasteiger partial charge is 0.338 e. The molecule has 0 aliphatic rings. The van der Waals surface area contributed by atoms with Gasteiger partial charge in [-0.2, -0.15) is 0 Å². The second-order valence-corrected chi connectivity index (χ2v) is 7.97. The maximum atomic E-state index is 12.0. The molecule has 0 saturated heterocycles. The van der Waals surface area contributed by atoms with E-state index in [0.29, 0.717) is 0 Å². The number of halogens is 1. The third kappa shape index (κ3) is 3.67. The SMILES string of the molecule is CC(C)(C)NS(=O)(=O)c1sc(Cl)cc1C(=O)O. The van der Waals surface area contributed by atoms with Gasteiger partial charge in [0.25, 0.3) is 10.0 Å². The molecular weight excluding hydrogens is 286 g/mol. The molecule has 1 aromatic heterocycles. The van der Waals surface area contributed by atoms with E-state index in [9.17, 15) is 13.2 Å². The molecule has 0 aliphatic carbocycles. The zero-order valence-corrected chi connectivity index (χ0v) is 11.8. The van der Waals surface area contributed by atoms with Crippen molar-refractivity contribution in [3.8, 4) is 0 Å². The van der Waals surface area contributed by atoms with Crippen molar-refractivity contribution in [2.24, 2.45) is 0 Å². The molecule has 0 bridgehead atoms. The molecule has 8 heteroatoms. The normalized spacial score (nSPS) is 12.7. The van der Waals surface area contributed by atoms with Crippen molar-refractivity contribution in [2.75, 3.05) is 0 Å². The molecule has 0 amide bonds. The van der Waals surface area contributed by atoms with E-state index in [1.165, 1.54) is 0 Å². The fourth-order valence-corrected chi connectivity index (χ4v) is 4.40. The number of aromatic carboxylic acids is 1. The van der Waals surface area contributed by atoms with Gasteiger partial charge in [0, 0.05) is 5.54 Å². The summed E-state index contributed by atoms with van der Waals surface area (Å²) < 4.78 is 26.2. The van der Waals surface area contributed by atoms with Crippen molar-refractivity contribution in [1.29, 1.82) is 0 Å². The van der Waals surface area contributed by atoms with Crippen molar-refractivity contribution in [3.05, 3.63) is 16.0 Å². The van der Waals surface area contributed by atoms with Gasteiger partial charge >= 0.3 is 5.97 Å². The molecule has 0 aromatic carbocycles. The molecule has 2 N–H and O–H groups in total. The van der Waals surface area contributed by atoms with Crippen molar-refractivity contribution in [3.63, 3.8) is 0 Å². The van der Waals surface area contributed by atoms with Crippen LogP contribution in [0.2, 0.25) is 4.34 Å². The molecule has 0 unspecified atom stereocenters. The van der Waals surface area contributed by atoms with Gasteiger partial charge in [-0.1, -0.05) is 11.6 Å². The van der Waals surface area contributed by atoms with E-state index in [4.69, 9.17) is 16.7 Å². The fourth-order valence-electron chi connectivity index (χ4n) is 1.14. The molecule has 96 valence electrons. The fraction of sp³-hybridized carbons (Fsp3) is 0.444. The van der Waals surface area contributed by atoms with E-state index in [0.717, 1.165) is 17.4 Å². The van der Waals surface area contributed by atoms with Crippen LogP contribution in [-0.2, 0) is 10.0 Å². The Bertz CT molecular complexity index is 542. The molecule has 0 fully saturated rings. The van der Waals surface area contributed by atoms with E-state index in [-0.39, 0.29) is 14.1 Å². The van der Waals surface area contributed by atoms with E-state index >= 15 is 0 Å². The Labute approximate surface area is 108 Å². The van der Waals surface area contributed by atoms with Gasteiger partial charge in [-0.25, -0.2) is 17.9 Å². The van der Waals surface area contributed by atoms with Crippen LogP contribution >= 0.6 is 22.9 Å². The maximum Gasteiger partial charge on any atom is 0.338 e. The number of hydrogen-bond acceptors (Lipinski definition) is 4. The number of nitrogens with one attached hydrogen (secondary N) is 1. The highest BCUT2D eigenvalue weighted by molar-refractivity contribution is 7.91. The molecule has 0 radical (unpaired) electrons. The Morgan fingerprint density at radius 2 is 2.00 bits per heavy atom. The van der Waals surface area contributed by atoms with E-state index in [1.807, 2.05) is 0 Å². The molecule has 17 heavy (non-hydrogen) atoms. The first kappa shape index (κ1) is 14.4. The monoisotopic (exact) mass is 297 g/mol. The number of hydrogen-bond donors (Lipinski definition) is 2. The molecule has 5 nitrogen and oxygen atoms in total. The second kappa shape index (κ2) is 4.56. The lowest BCUT2D eigenvalue weighted by atomic mass is 10.1. The first-order valence-corrected chi connectivity index (χ1v) is 7.27. The zero-order valence-electron chi connectivity index (χ0n) is 9.44. The first-order valence-electron chi connectivity index (χ1n) is 4.59. The van der Waals surface area contributed by atoms with Crippen molar-refractivity contribution in [1.82, 2.24) is 4.72 Å². The number of carbonyl (C=O) groups is 1. The van der Waals surface area contributed by atoms with Gasteiger partial charge in [0.15, 0.2) is 4.21 Å². The number of carboxylic acid groups (broad SMARTS) is 1. The van der Waals surface area contributed by atoms with E-state index in [1.54, 1.807) is 20.8 Å². The number of sulfonamides is 1. The van der Waals surface area contributed by atoms with Gasteiger partial charge in [0.2, 0.25) is 0 Å². The summed E-state index contributed by atoms with van der Waals surface area (Å²) in [6.07, 6.45) is 0. The van der Waals surface area contributed by atoms with Crippen LogP contribution in [0.1, 0.15) is 31.1 Å². The van der Waals surface area contributed by atoms with Gasteiger partial charge < -0.3 is 5.11 Å². The van der Waals surface area contributed by atoms with Crippen LogP contribution in [0.5, 0.6) is 0 Å². The third-order valence-corrected chi connectivity index (χ3v) is 5.14. The van der Waals surface area contributed by atoms with Crippen LogP contribution in [0.3, 0.4) is 0 Å². The summed E-state index contributed by atoms with van der Waals surface area (Å²) in [7, 11) is -3.87. The summed E-state index contributed by atoms with van der Waals surface area (Å²) in [5, 5.41) is 8.90. The predicted octanol–water partition coefficient (Wildman–Crippen LogP) is 2.18. The Morgan fingerprint density at radius 1 is 1.47 bits per heavy atom. The lowest BCUT2D eigenvalue weighted by molar-refractivity contribution is 0.0693. The summed E-state index contributed by atoms with van der Waals surface area (Å²) >= 11 is 6.37. The van der Waals surface area contributed by atoms with Crippen LogP contribution in [0.4, 0.5) is 0 Å². The number of carboxylic acids is 1. The van der Waals surface area contributed by atoms with Gasteiger partial charge in [-0.05, 0) is 26.8 Å². The highest BCUT2D eigenvalue weighted by atomic mass is 35.5. The number of thiophene rings is 1. The largest absolute Gasteiger partial charge is 0.478 e. The number of rotatable bonds is 3. The molecule has 0 aliphatic heterocycles.